The highest BCUT2D eigenvalue weighted by molar-refractivity contribution is 5.89. The summed E-state index contributed by atoms with van der Waals surface area (Å²) >= 11 is 0. The zero-order valence-electron chi connectivity index (χ0n) is 37.0. The fraction of sp³-hybridized carbons (Fsp3) is 0.574. The monoisotopic (exact) mass is 848 g/mol. The SMILES string of the molecule is CC(=O)CC[C@@H](C(C)=O)[C@H](O)[C@@H](C)C/C=C/C=C/C[C@H](OC(=O)C1CCCN(C(=O)[C@H](Cc2cccc(O)c2)NC(=O)[C@@H](C)C(C)C)N1)/C(C)=C/C=C/C(=O)N1CCCCO1. The molecule has 1 unspecified atom stereocenters. The van der Waals surface area contributed by atoms with Crippen molar-refractivity contribution < 1.29 is 48.6 Å². The second kappa shape index (κ2) is 25.8. The number of phenols is 1. The molecule has 0 saturated carbocycles. The van der Waals surface area contributed by atoms with Gasteiger partial charge in [0.05, 0.1) is 12.7 Å². The second-order valence-electron chi connectivity index (χ2n) is 16.7. The predicted molar refractivity (Wildman–Crippen MR) is 232 cm³/mol. The van der Waals surface area contributed by atoms with E-state index < -0.39 is 42.1 Å². The lowest BCUT2D eigenvalue weighted by atomic mass is 9.84. The Labute approximate surface area is 361 Å². The standard InChI is InChI=1S/C47H68N4O10/c1-31(2)35(6)45(57)48-41(30-37-19-15-20-38(54)29-37)46(58)50-26-16-21-40(49-50)47(59)61-42(32(3)18-14-23-43(55)51-27-12-13-28-60-51)22-11-9-8-10-17-33(4)44(56)39(36(7)53)25-24-34(5)52/h8-11,14-15,18-20,23,29,31,33,35,39-42,44,49,54,56H,12-13,16-17,21-22,24-28,30H2,1-7H3,(H,48,57)/b10-8+,11-9+,23-14+,32-18+/t33-,35-,39-,40?,41-,42-,44+/m0/s1. The van der Waals surface area contributed by atoms with Crippen molar-refractivity contribution in [1.29, 1.82) is 0 Å². The number of hydrogen-bond donors (Lipinski definition) is 4. The highest BCUT2D eigenvalue weighted by Gasteiger charge is 2.35. The second-order valence-corrected chi connectivity index (χ2v) is 16.7. The van der Waals surface area contributed by atoms with Crippen LogP contribution in [-0.2, 0) is 44.8 Å². The van der Waals surface area contributed by atoms with Gasteiger partial charge in [0.2, 0.25) is 5.91 Å². The van der Waals surface area contributed by atoms with E-state index in [0.717, 1.165) is 12.8 Å². The Morgan fingerprint density at radius 1 is 0.967 bits per heavy atom. The van der Waals surface area contributed by atoms with Crippen LogP contribution in [0.1, 0.15) is 105 Å². The number of hydrogen-bond acceptors (Lipinski definition) is 11. The third-order valence-corrected chi connectivity index (χ3v) is 11.3. The Morgan fingerprint density at radius 2 is 1.69 bits per heavy atom. The Kier molecular flexibility index (Phi) is 21.3. The van der Waals surface area contributed by atoms with Crippen LogP contribution in [-0.4, -0.2) is 99.5 Å². The summed E-state index contributed by atoms with van der Waals surface area (Å²) in [5.41, 5.74) is 4.38. The molecule has 2 aliphatic heterocycles. The van der Waals surface area contributed by atoms with Crippen LogP contribution >= 0.6 is 0 Å². The summed E-state index contributed by atoms with van der Waals surface area (Å²) in [6, 6.07) is 4.69. The number of hydrazine groups is 1. The molecule has 3 amide bonds. The van der Waals surface area contributed by atoms with E-state index in [2.05, 4.69) is 10.7 Å². The first-order valence-electron chi connectivity index (χ1n) is 21.6. The lowest BCUT2D eigenvalue weighted by molar-refractivity contribution is -0.191. The number of esters is 1. The Hall–Kier alpha value is -4.92. The molecule has 14 nitrogen and oxygen atoms in total. The smallest absolute Gasteiger partial charge is 0.325 e. The van der Waals surface area contributed by atoms with Gasteiger partial charge in [0.15, 0.2) is 0 Å². The Balaban J connectivity index is 1.75. The van der Waals surface area contributed by atoms with Crippen LogP contribution in [0.2, 0.25) is 0 Å². The van der Waals surface area contributed by atoms with Crippen molar-refractivity contribution in [2.45, 2.75) is 131 Å². The maximum Gasteiger partial charge on any atom is 0.325 e. The van der Waals surface area contributed by atoms with Crippen LogP contribution in [0.4, 0.5) is 0 Å². The number of hydroxylamine groups is 2. The molecular weight excluding hydrogens is 781 g/mol. The molecule has 2 fully saturated rings. The number of phenolic OH excluding ortho intramolecular Hbond substituents is 1. The lowest BCUT2D eigenvalue weighted by Gasteiger charge is -2.36. The van der Waals surface area contributed by atoms with E-state index >= 15 is 0 Å². The fourth-order valence-electron chi connectivity index (χ4n) is 6.98. The average molecular weight is 849 g/mol. The van der Waals surface area contributed by atoms with Crippen LogP contribution in [0.5, 0.6) is 5.75 Å². The predicted octanol–water partition coefficient (Wildman–Crippen LogP) is 5.64. The maximum atomic E-state index is 14.0. The molecule has 2 saturated heterocycles. The minimum absolute atomic E-state index is 0.0291. The van der Waals surface area contributed by atoms with Gasteiger partial charge in [-0.3, -0.25) is 33.8 Å². The number of Topliss-reactive ketones (excluding diaryl/α,β-unsaturated/α-hetero) is 2. The van der Waals surface area contributed by atoms with E-state index in [-0.39, 0.29) is 66.1 Å². The van der Waals surface area contributed by atoms with E-state index in [0.29, 0.717) is 56.5 Å². The first-order valence-corrected chi connectivity index (χ1v) is 21.6. The molecule has 7 atom stereocenters. The number of carbonyl (C=O) groups excluding carboxylic acids is 6. The van der Waals surface area contributed by atoms with Crippen LogP contribution in [0, 0.1) is 23.7 Å². The number of nitrogens with one attached hydrogen (secondary N) is 2. The first-order chi connectivity index (χ1) is 29.0. The van der Waals surface area contributed by atoms with E-state index in [9.17, 15) is 39.0 Å². The molecule has 2 aliphatic rings. The van der Waals surface area contributed by atoms with Crippen LogP contribution in [0.3, 0.4) is 0 Å². The summed E-state index contributed by atoms with van der Waals surface area (Å²) in [6.07, 6.45) is 14.5. The van der Waals surface area contributed by atoms with Crippen LogP contribution in [0.15, 0.2) is 72.4 Å². The number of aromatic hydroxyl groups is 1. The number of aliphatic hydroxyl groups is 1. The number of carbonyl (C=O) groups is 6. The van der Waals surface area contributed by atoms with Gasteiger partial charge in [0.1, 0.15) is 35.5 Å². The van der Waals surface area contributed by atoms with Crippen molar-refractivity contribution >= 4 is 35.3 Å². The van der Waals surface area contributed by atoms with Gasteiger partial charge in [-0.05, 0) is 94.4 Å². The minimum atomic E-state index is -0.965. The number of benzene rings is 1. The lowest BCUT2D eigenvalue weighted by Crippen LogP contribution is -2.61. The minimum Gasteiger partial charge on any atom is -0.508 e. The molecule has 3 rings (SSSR count). The number of amides is 3. The molecule has 4 N–H and O–H groups in total. The van der Waals surface area contributed by atoms with Gasteiger partial charge < -0.3 is 25.1 Å². The highest BCUT2D eigenvalue weighted by Crippen LogP contribution is 2.23. The van der Waals surface area contributed by atoms with Crippen LogP contribution < -0.4 is 10.7 Å². The van der Waals surface area contributed by atoms with Gasteiger partial charge in [-0.1, -0.05) is 76.3 Å². The maximum absolute atomic E-state index is 14.0. The van der Waals surface area contributed by atoms with Gasteiger partial charge >= 0.3 is 5.97 Å². The molecule has 14 heteroatoms. The molecule has 0 aromatic heterocycles. The summed E-state index contributed by atoms with van der Waals surface area (Å²) in [7, 11) is 0. The van der Waals surface area contributed by atoms with Crippen molar-refractivity contribution in [3.8, 4) is 5.75 Å². The van der Waals surface area contributed by atoms with Crippen molar-refractivity contribution in [3.05, 3.63) is 77.9 Å². The van der Waals surface area contributed by atoms with E-state index in [1.165, 1.54) is 36.1 Å². The number of rotatable bonds is 22. The van der Waals surface area contributed by atoms with Gasteiger partial charge in [-0.25, -0.2) is 10.5 Å². The summed E-state index contributed by atoms with van der Waals surface area (Å²) < 4.78 is 6.09. The number of allylic oxidation sites excluding steroid dienone is 5. The summed E-state index contributed by atoms with van der Waals surface area (Å²) in [5, 5.41) is 26.5. The third kappa shape index (κ3) is 17.2. The number of nitrogens with zero attached hydrogens (tertiary/aromatic N) is 2. The summed E-state index contributed by atoms with van der Waals surface area (Å²) in [6.45, 7) is 13.5. The largest absolute Gasteiger partial charge is 0.508 e. The molecular formula is C47H68N4O10. The average Bonchev–Trinajstić information content (AvgIpc) is 3.23. The number of ketones is 2. The fourth-order valence-corrected chi connectivity index (χ4v) is 6.98. The summed E-state index contributed by atoms with van der Waals surface area (Å²) in [4.78, 5) is 82.8. The van der Waals surface area contributed by atoms with Crippen molar-refractivity contribution in [2.75, 3.05) is 19.7 Å². The van der Waals surface area contributed by atoms with Crippen molar-refractivity contribution in [1.82, 2.24) is 20.8 Å². The first kappa shape index (κ1) is 50.4. The molecule has 0 spiro atoms. The van der Waals surface area contributed by atoms with Gasteiger partial charge in [0.25, 0.3) is 11.8 Å². The van der Waals surface area contributed by atoms with Gasteiger partial charge in [0, 0.05) is 50.3 Å². The van der Waals surface area contributed by atoms with E-state index in [1.807, 2.05) is 39.0 Å². The molecule has 0 bridgehead atoms. The van der Waals surface area contributed by atoms with E-state index in [1.54, 1.807) is 50.3 Å². The Morgan fingerprint density at radius 3 is 2.33 bits per heavy atom. The van der Waals surface area contributed by atoms with Crippen molar-refractivity contribution in [3.63, 3.8) is 0 Å². The summed E-state index contributed by atoms with van der Waals surface area (Å²) in [5.74, 6) is -2.85. The normalized spacial score (nSPS) is 19.4. The van der Waals surface area contributed by atoms with Crippen LogP contribution in [0.25, 0.3) is 0 Å². The molecule has 1 aromatic rings. The van der Waals surface area contributed by atoms with E-state index in [4.69, 9.17) is 9.57 Å². The molecule has 336 valence electrons. The molecule has 0 radical (unpaired) electrons. The quantitative estimate of drug-likeness (QED) is 0.0642. The number of aliphatic hydroxyl groups excluding tert-OH is 1. The Bertz CT molecular complexity index is 1760. The topological polar surface area (TPSA) is 192 Å². The van der Waals surface area contributed by atoms with Crippen molar-refractivity contribution in [2.24, 2.45) is 23.7 Å². The third-order valence-electron chi connectivity index (χ3n) is 11.3. The highest BCUT2D eigenvalue weighted by atomic mass is 16.7. The van der Waals surface area contributed by atoms with Gasteiger partial charge in [-0.2, -0.15) is 0 Å². The van der Waals surface area contributed by atoms with Gasteiger partial charge in [-0.15, -0.1) is 0 Å². The molecule has 1 aromatic carbocycles. The zero-order valence-corrected chi connectivity index (χ0v) is 37.0. The molecule has 0 aliphatic carbocycles. The molecule has 61 heavy (non-hydrogen) atoms. The number of ether oxygens (including phenoxy) is 1. The molecule has 2 heterocycles. The zero-order chi connectivity index (χ0) is 45.1.